The SMILES string of the molecule is CCCCCC/C=C\COC(=O)CCCCCCCN(CCCCCCCC(=O)OC/C=C\CCCCCC)C(=O)C([NH3+])CNC(=O)C([NH3+])CCC[NH+]=C(N)N. The van der Waals surface area contributed by atoms with Crippen LogP contribution in [0.1, 0.15) is 168 Å². The number of esters is 2. The van der Waals surface area contributed by atoms with Crippen molar-refractivity contribution in [3.63, 3.8) is 0 Å². The number of hydrogen-bond donors (Lipinski definition) is 6. The van der Waals surface area contributed by atoms with Gasteiger partial charge in [-0.25, -0.2) is 0 Å². The molecule has 0 aliphatic carbocycles. The number of nitrogens with one attached hydrogen (secondary N) is 2. The predicted octanol–water partition coefficient (Wildman–Crippen LogP) is 3.11. The maximum Gasteiger partial charge on any atom is 0.338 e. The smallest absolute Gasteiger partial charge is 0.338 e. The van der Waals surface area contributed by atoms with Crippen LogP contribution < -0.4 is 33.2 Å². The Balaban J connectivity index is 4.61. The number of nitrogens with two attached hydrogens (primary N) is 2. The second kappa shape index (κ2) is 38.4. The van der Waals surface area contributed by atoms with E-state index in [0.29, 0.717) is 58.5 Å². The minimum absolute atomic E-state index is 0.0698. The fraction of sp³-hybridized carbons (Fsp3) is 0.791. The predicted molar refractivity (Wildman–Crippen MR) is 225 cm³/mol. The van der Waals surface area contributed by atoms with E-state index in [-0.39, 0.29) is 36.3 Å². The molecular weight excluding hydrogens is 711 g/mol. The van der Waals surface area contributed by atoms with Crippen LogP contribution in [0.3, 0.4) is 0 Å². The molecule has 0 saturated carbocycles. The average Bonchev–Trinajstić information content (AvgIpc) is 3.18. The van der Waals surface area contributed by atoms with Crippen molar-refractivity contribution in [1.82, 2.24) is 10.2 Å². The lowest BCUT2D eigenvalue weighted by Crippen LogP contribution is -2.78. The van der Waals surface area contributed by atoms with Crippen molar-refractivity contribution in [2.45, 2.75) is 180 Å². The van der Waals surface area contributed by atoms with Gasteiger partial charge in [-0.3, -0.25) is 35.6 Å². The molecule has 0 saturated heterocycles. The van der Waals surface area contributed by atoms with Crippen molar-refractivity contribution in [2.75, 3.05) is 39.4 Å². The molecule has 13 heteroatoms. The summed E-state index contributed by atoms with van der Waals surface area (Å²) in [7, 11) is 0. The lowest BCUT2D eigenvalue weighted by molar-refractivity contribution is -0.463. The van der Waals surface area contributed by atoms with Crippen molar-refractivity contribution >= 4 is 29.7 Å². The van der Waals surface area contributed by atoms with Crippen LogP contribution >= 0.6 is 0 Å². The van der Waals surface area contributed by atoms with Gasteiger partial charge < -0.3 is 31.2 Å². The first kappa shape index (κ1) is 52.6. The molecule has 0 aromatic carbocycles. The Hall–Kier alpha value is -3.45. The van der Waals surface area contributed by atoms with Crippen LogP contribution in [0.5, 0.6) is 0 Å². The second-order valence-corrected chi connectivity index (χ2v) is 15.0. The van der Waals surface area contributed by atoms with Gasteiger partial charge in [0.2, 0.25) is 0 Å². The quantitative estimate of drug-likeness (QED) is 0.0179. The molecule has 2 amide bonds. The van der Waals surface area contributed by atoms with E-state index in [9.17, 15) is 19.2 Å². The number of carbonyl (C=O) groups excluding carboxylic acids is 4. The zero-order chi connectivity index (χ0) is 41.5. The molecule has 2 atom stereocenters. The number of carbonyl (C=O) groups is 4. The van der Waals surface area contributed by atoms with Gasteiger partial charge in [-0.2, -0.15) is 0 Å². The van der Waals surface area contributed by atoms with E-state index in [4.69, 9.17) is 20.9 Å². The van der Waals surface area contributed by atoms with E-state index in [1.165, 1.54) is 51.4 Å². The summed E-state index contributed by atoms with van der Waals surface area (Å²) in [5.41, 5.74) is 18.9. The summed E-state index contributed by atoms with van der Waals surface area (Å²) in [6, 6.07) is -1.06. The fourth-order valence-electron chi connectivity index (χ4n) is 6.14. The molecule has 0 fully saturated rings. The Morgan fingerprint density at radius 3 is 1.57 bits per heavy atom. The zero-order valence-corrected chi connectivity index (χ0v) is 35.6. The third kappa shape index (κ3) is 33.9. The highest BCUT2D eigenvalue weighted by atomic mass is 16.5. The summed E-state index contributed by atoms with van der Waals surface area (Å²) in [5.74, 6) is -0.440. The number of rotatable bonds is 38. The summed E-state index contributed by atoms with van der Waals surface area (Å²) in [6.07, 6.45) is 31.1. The molecule has 0 aromatic heterocycles. The van der Waals surface area contributed by atoms with E-state index < -0.39 is 12.1 Å². The highest BCUT2D eigenvalue weighted by Crippen LogP contribution is 2.11. The number of unbranched alkanes of at least 4 members (excludes halogenated alkanes) is 16. The Morgan fingerprint density at radius 2 is 1.09 bits per heavy atom. The molecule has 0 heterocycles. The molecule has 324 valence electrons. The largest absolute Gasteiger partial charge is 0.461 e. The molecule has 0 aromatic rings. The van der Waals surface area contributed by atoms with Gasteiger partial charge in [-0.05, 0) is 57.8 Å². The van der Waals surface area contributed by atoms with Crippen molar-refractivity contribution in [3.05, 3.63) is 24.3 Å². The van der Waals surface area contributed by atoms with E-state index in [2.05, 4.69) is 47.8 Å². The maximum atomic E-state index is 13.5. The molecule has 56 heavy (non-hydrogen) atoms. The van der Waals surface area contributed by atoms with Gasteiger partial charge in [-0.1, -0.05) is 115 Å². The zero-order valence-electron chi connectivity index (χ0n) is 35.6. The van der Waals surface area contributed by atoms with Crippen LogP contribution in [0.15, 0.2) is 24.3 Å². The van der Waals surface area contributed by atoms with E-state index in [1.807, 2.05) is 17.1 Å². The first-order chi connectivity index (χ1) is 27.1. The molecule has 0 aliphatic heterocycles. The summed E-state index contributed by atoms with van der Waals surface area (Å²) < 4.78 is 10.7. The van der Waals surface area contributed by atoms with Crippen LogP contribution in [0, 0.1) is 0 Å². The van der Waals surface area contributed by atoms with Crippen LogP contribution in [-0.4, -0.2) is 86.1 Å². The van der Waals surface area contributed by atoms with Crippen LogP contribution in [0.25, 0.3) is 0 Å². The van der Waals surface area contributed by atoms with Crippen LogP contribution in [-0.2, 0) is 28.7 Å². The Bertz CT molecular complexity index is 1040. The van der Waals surface area contributed by atoms with Crippen molar-refractivity contribution in [3.8, 4) is 0 Å². The summed E-state index contributed by atoms with van der Waals surface area (Å²) >= 11 is 0. The monoisotopic (exact) mass is 795 g/mol. The highest BCUT2D eigenvalue weighted by Gasteiger charge is 2.26. The fourth-order valence-corrected chi connectivity index (χ4v) is 6.14. The second-order valence-electron chi connectivity index (χ2n) is 15.0. The number of allylic oxidation sites excluding steroid dienone is 2. The van der Waals surface area contributed by atoms with E-state index >= 15 is 0 Å². The summed E-state index contributed by atoms with van der Waals surface area (Å²) in [4.78, 5) is 55.0. The molecule has 0 rings (SSSR count). The van der Waals surface area contributed by atoms with E-state index in [0.717, 1.165) is 77.0 Å². The standard InChI is InChI=1S/C43H81N7O6/c1-3-5-7-9-11-19-25-34-55-39(51)29-21-15-13-17-23-32-50(42(54)38(45)36-49-41(53)37(44)28-27-31-48-43(46)47)33-24-18-14-16-22-30-40(52)56-35-26-20-12-10-8-6-4-2/h19-20,25-26,37-38H,3-18,21-24,27-36,44-45H2,1-2H3,(H,49,53)(H4,46,47,48)/p+3/b25-19-,26-20-. The number of ether oxygens (including phenoxy) is 2. The van der Waals surface area contributed by atoms with Gasteiger partial charge in [-0.15, -0.1) is 0 Å². The Labute approximate surface area is 339 Å². The topological polar surface area (TPSA) is 223 Å². The molecular formula is C43H84N7O6+3. The van der Waals surface area contributed by atoms with Crippen molar-refractivity contribution < 1.29 is 45.1 Å². The van der Waals surface area contributed by atoms with Gasteiger partial charge in [0.1, 0.15) is 13.2 Å². The third-order valence-electron chi connectivity index (χ3n) is 9.69. The number of guanidine groups is 1. The number of amides is 2. The minimum Gasteiger partial charge on any atom is -0.461 e. The highest BCUT2D eigenvalue weighted by molar-refractivity contribution is 5.83. The molecule has 13 nitrogen and oxygen atoms in total. The first-order valence-corrected chi connectivity index (χ1v) is 22.1. The average molecular weight is 795 g/mol. The number of quaternary nitrogens is 2. The summed E-state index contributed by atoms with van der Waals surface area (Å²) in [5, 5.41) is 2.85. The lowest BCUT2D eigenvalue weighted by atomic mass is 10.1. The summed E-state index contributed by atoms with van der Waals surface area (Å²) in [6.45, 7) is 7.04. The minimum atomic E-state index is -0.608. The maximum absolute atomic E-state index is 13.5. The molecule has 0 radical (unpaired) electrons. The molecule has 2 unspecified atom stereocenters. The van der Waals surface area contributed by atoms with Gasteiger partial charge in [0.05, 0.1) is 13.1 Å². The number of hydrogen-bond acceptors (Lipinski definition) is 6. The van der Waals surface area contributed by atoms with Crippen molar-refractivity contribution in [2.24, 2.45) is 11.5 Å². The molecule has 0 aliphatic rings. The Kier molecular flexibility index (Phi) is 36.1. The molecule has 0 spiro atoms. The van der Waals surface area contributed by atoms with Crippen LogP contribution in [0.4, 0.5) is 0 Å². The lowest BCUT2D eigenvalue weighted by Gasteiger charge is -2.25. The Morgan fingerprint density at radius 1 is 0.625 bits per heavy atom. The van der Waals surface area contributed by atoms with Gasteiger partial charge in [0.25, 0.3) is 11.8 Å². The van der Waals surface area contributed by atoms with Crippen LogP contribution in [0.2, 0.25) is 0 Å². The molecule has 0 bridgehead atoms. The van der Waals surface area contributed by atoms with Gasteiger partial charge in [0, 0.05) is 32.4 Å². The van der Waals surface area contributed by atoms with Crippen molar-refractivity contribution in [1.29, 1.82) is 0 Å². The van der Waals surface area contributed by atoms with Gasteiger partial charge >= 0.3 is 17.9 Å². The van der Waals surface area contributed by atoms with E-state index in [1.54, 1.807) is 0 Å². The number of nitrogens with zero attached hydrogens (tertiary/aromatic N) is 1. The molecule has 12 N–H and O–H groups in total. The third-order valence-corrected chi connectivity index (χ3v) is 9.69. The first-order valence-electron chi connectivity index (χ1n) is 22.1. The normalized spacial score (nSPS) is 12.4. The van der Waals surface area contributed by atoms with Gasteiger partial charge in [0.15, 0.2) is 12.1 Å².